The van der Waals surface area contributed by atoms with Gasteiger partial charge >= 0.3 is 0 Å². The standard InChI is InChI=1S/C11H12N2O.ClHO4/c12-9(7-11(14)8-4-5-8)10-3-1-2-6-13-10;2-1(3,4)5/h1-3,6-8H,4-5,12H2;(H,2,3,4,5). The van der Waals surface area contributed by atoms with Crippen molar-refractivity contribution < 1.29 is 33.7 Å². The fourth-order valence-corrected chi connectivity index (χ4v) is 1.25. The number of carbonyl (C=O) groups excluding carboxylic acids is 1. The Morgan fingerprint density at radius 1 is 1.42 bits per heavy atom. The van der Waals surface area contributed by atoms with Crippen molar-refractivity contribution in [3.8, 4) is 0 Å². The summed E-state index contributed by atoms with van der Waals surface area (Å²) in [6.07, 6.45) is 5.17. The van der Waals surface area contributed by atoms with Gasteiger partial charge in [0.15, 0.2) is 5.78 Å². The van der Waals surface area contributed by atoms with E-state index in [0.717, 1.165) is 12.8 Å². The van der Waals surface area contributed by atoms with E-state index in [2.05, 4.69) is 4.98 Å². The van der Waals surface area contributed by atoms with Crippen LogP contribution in [-0.4, -0.2) is 15.4 Å². The normalized spacial score (nSPS) is 15.5. The predicted molar refractivity (Wildman–Crippen MR) is 56.4 cm³/mol. The number of allylic oxidation sites excluding steroid dienone is 1. The molecule has 1 aromatic rings. The fourth-order valence-electron chi connectivity index (χ4n) is 1.25. The number of hydrogen-bond donors (Lipinski definition) is 2. The number of nitrogens with zero attached hydrogens (tertiary/aromatic N) is 1. The summed E-state index contributed by atoms with van der Waals surface area (Å²) in [4.78, 5) is 15.5. The summed E-state index contributed by atoms with van der Waals surface area (Å²) in [6.45, 7) is 0. The van der Waals surface area contributed by atoms with Crippen LogP contribution in [0.2, 0.25) is 0 Å². The topological polar surface area (TPSA) is 145 Å². The highest BCUT2D eigenvalue weighted by Crippen LogP contribution is 2.30. The zero-order valence-electron chi connectivity index (χ0n) is 9.86. The van der Waals surface area contributed by atoms with Crippen molar-refractivity contribution in [3.63, 3.8) is 0 Å². The first-order valence-electron chi connectivity index (χ1n) is 5.33. The predicted octanol–water partition coefficient (Wildman–Crippen LogP) is -2.76. The summed E-state index contributed by atoms with van der Waals surface area (Å²) >= 11 is 0. The molecule has 2 rings (SSSR count). The molecule has 1 aliphatic carbocycles. The van der Waals surface area contributed by atoms with Crippen molar-refractivity contribution in [2.45, 2.75) is 12.8 Å². The van der Waals surface area contributed by atoms with Crippen LogP contribution >= 0.6 is 0 Å². The van der Waals surface area contributed by atoms with Crippen molar-refractivity contribution in [2.75, 3.05) is 0 Å². The van der Waals surface area contributed by atoms with Gasteiger partial charge in [0.1, 0.15) is 0 Å². The van der Waals surface area contributed by atoms with Crippen molar-refractivity contribution in [3.05, 3.63) is 36.2 Å². The van der Waals surface area contributed by atoms with Gasteiger partial charge in [-0.15, -0.1) is 0 Å². The third-order valence-electron chi connectivity index (χ3n) is 2.24. The second-order valence-electron chi connectivity index (χ2n) is 3.89. The molecule has 7 nitrogen and oxygen atoms in total. The van der Waals surface area contributed by atoms with Crippen LogP contribution in [0.5, 0.6) is 0 Å². The first-order valence-corrected chi connectivity index (χ1v) is 6.59. The molecule has 0 amide bonds. The van der Waals surface area contributed by atoms with E-state index in [9.17, 15) is 4.79 Å². The van der Waals surface area contributed by atoms with E-state index < -0.39 is 10.2 Å². The molecule has 19 heavy (non-hydrogen) atoms. The van der Waals surface area contributed by atoms with Gasteiger partial charge in [0.25, 0.3) is 0 Å². The van der Waals surface area contributed by atoms with Gasteiger partial charge in [-0.25, -0.2) is 0 Å². The maximum Gasteiger partial charge on any atom is 0.160 e. The van der Waals surface area contributed by atoms with Gasteiger partial charge in [-0.2, -0.15) is 14.0 Å². The summed E-state index contributed by atoms with van der Waals surface area (Å²) in [5, 5.41) is 0. The molecule has 0 bridgehead atoms. The fraction of sp³-hybridized carbons (Fsp3) is 0.273. The molecule has 0 aromatic carbocycles. The number of pyridine rings is 1. The van der Waals surface area contributed by atoms with Crippen molar-refractivity contribution in [1.29, 1.82) is 0 Å². The lowest BCUT2D eigenvalue weighted by molar-refractivity contribution is -1.92. The maximum absolute atomic E-state index is 11.4. The molecule has 1 heterocycles. The number of aromatic nitrogens is 1. The molecule has 1 saturated carbocycles. The minimum atomic E-state index is -4.69. The quantitative estimate of drug-likeness (QED) is 0.573. The molecule has 1 fully saturated rings. The highest BCUT2D eigenvalue weighted by atomic mass is 35.7. The van der Waals surface area contributed by atoms with E-state index >= 15 is 0 Å². The lowest BCUT2D eigenvalue weighted by atomic mass is 10.2. The molecular formula is C11H13ClN2O5. The van der Waals surface area contributed by atoms with Crippen molar-refractivity contribution in [1.82, 2.24) is 4.98 Å². The van der Waals surface area contributed by atoms with Crippen LogP contribution in [0.1, 0.15) is 18.5 Å². The van der Waals surface area contributed by atoms with Crippen LogP contribution in [0.3, 0.4) is 0 Å². The second kappa shape index (κ2) is 6.60. The Morgan fingerprint density at radius 3 is 2.42 bits per heavy atom. The molecule has 1 aromatic heterocycles. The molecule has 0 unspecified atom stereocenters. The number of halogens is 1. The SMILES string of the molecule is NC(=CC(=O)C1CC1)c1ccccn1.[O-][Cl+3]([O-])([O-])O. The van der Waals surface area contributed by atoms with Gasteiger partial charge in [0, 0.05) is 18.2 Å². The van der Waals surface area contributed by atoms with Crippen molar-refractivity contribution in [2.24, 2.45) is 11.7 Å². The van der Waals surface area contributed by atoms with Crippen LogP contribution in [0, 0.1) is 16.2 Å². The second-order valence-corrected chi connectivity index (χ2v) is 4.68. The summed E-state index contributed by atoms with van der Waals surface area (Å²) < 4.78 is 32.7. The smallest absolute Gasteiger partial charge is 0.160 e. The highest BCUT2D eigenvalue weighted by Gasteiger charge is 2.28. The molecule has 8 heteroatoms. The number of ketones is 1. The molecule has 0 radical (unpaired) electrons. The Hall–Kier alpha value is -1.51. The zero-order chi connectivity index (χ0) is 14.5. The Labute approximate surface area is 111 Å². The Balaban J connectivity index is 0.000000312. The summed E-state index contributed by atoms with van der Waals surface area (Å²) in [6, 6.07) is 5.47. The molecule has 104 valence electrons. The van der Waals surface area contributed by atoms with E-state index in [-0.39, 0.29) is 11.7 Å². The average molecular weight is 289 g/mol. The summed E-state index contributed by atoms with van der Waals surface area (Å²) in [5.74, 6) is 0.352. The molecule has 0 saturated heterocycles. The molecule has 0 atom stereocenters. The average Bonchev–Trinajstić information content (AvgIpc) is 3.11. The zero-order valence-corrected chi connectivity index (χ0v) is 10.6. The van der Waals surface area contributed by atoms with Gasteiger partial charge in [0.2, 0.25) is 0 Å². The van der Waals surface area contributed by atoms with E-state index in [1.165, 1.54) is 6.08 Å². The minimum Gasteiger partial charge on any atom is -0.397 e. The third-order valence-corrected chi connectivity index (χ3v) is 2.24. The summed E-state index contributed by atoms with van der Waals surface area (Å²) in [5.41, 5.74) is 6.87. The van der Waals surface area contributed by atoms with Crippen molar-refractivity contribution >= 4 is 11.5 Å². The highest BCUT2D eigenvalue weighted by molar-refractivity contribution is 5.98. The Morgan fingerprint density at radius 2 is 2.00 bits per heavy atom. The lowest BCUT2D eigenvalue weighted by Crippen LogP contribution is -2.58. The monoisotopic (exact) mass is 288 g/mol. The van der Waals surface area contributed by atoms with Gasteiger partial charge in [0.05, 0.1) is 26.3 Å². The first kappa shape index (κ1) is 15.5. The van der Waals surface area contributed by atoms with Gasteiger partial charge in [-0.3, -0.25) is 9.78 Å². The summed E-state index contributed by atoms with van der Waals surface area (Å²) in [7, 11) is -4.69. The van der Waals surface area contributed by atoms with Crippen LogP contribution in [0.4, 0.5) is 0 Å². The molecule has 3 N–H and O–H groups in total. The number of hydrogen-bond acceptors (Lipinski definition) is 7. The van der Waals surface area contributed by atoms with Gasteiger partial charge < -0.3 is 5.73 Å². The van der Waals surface area contributed by atoms with E-state index in [0.29, 0.717) is 11.4 Å². The lowest BCUT2D eigenvalue weighted by Gasteiger charge is -2.03. The van der Waals surface area contributed by atoms with Gasteiger partial charge in [-0.05, 0) is 25.0 Å². The molecule has 1 aliphatic rings. The number of nitrogens with two attached hydrogens (primary N) is 1. The Bertz CT molecular complexity index is 448. The van der Waals surface area contributed by atoms with Crippen LogP contribution in [0.15, 0.2) is 30.5 Å². The minimum absolute atomic E-state index is 0.133. The van der Waals surface area contributed by atoms with Crippen LogP contribution < -0.4 is 19.7 Å². The number of carbonyl (C=O) groups is 1. The van der Waals surface area contributed by atoms with Crippen LogP contribution in [0.25, 0.3) is 5.70 Å². The van der Waals surface area contributed by atoms with E-state index in [4.69, 9.17) is 24.4 Å². The third kappa shape index (κ3) is 7.50. The van der Waals surface area contributed by atoms with Gasteiger partial charge in [-0.1, -0.05) is 6.07 Å². The molecular weight excluding hydrogens is 276 g/mol. The number of rotatable bonds is 3. The molecule has 0 spiro atoms. The molecule has 0 aliphatic heterocycles. The van der Waals surface area contributed by atoms with E-state index in [1.807, 2.05) is 12.1 Å². The first-order chi connectivity index (χ1) is 8.77. The van der Waals surface area contributed by atoms with Crippen LogP contribution in [-0.2, 0) is 4.79 Å². The largest absolute Gasteiger partial charge is 0.397 e. The maximum atomic E-state index is 11.4. The Kier molecular flexibility index (Phi) is 5.40. The van der Waals surface area contributed by atoms with E-state index in [1.54, 1.807) is 12.3 Å².